The molecule has 0 unspecified atom stereocenters. The quantitative estimate of drug-likeness (QED) is 0.815. The first kappa shape index (κ1) is 16.1. The predicted molar refractivity (Wildman–Crippen MR) is 89.2 cm³/mol. The number of hydrogen-bond donors (Lipinski definition) is 1. The van der Waals surface area contributed by atoms with E-state index in [-0.39, 0.29) is 5.78 Å². The van der Waals surface area contributed by atoms with Gasteiger partial charge in [0.25, 0.3) is 0 Å². The number of hydrogen-bond acceptors (Lipinski definition) is 4. The van der Waals surface area contributed by atoms with Crippen LogP contribution in [0, 0.1) is 11.3 Å². The van der Waals surface area contributed by atoms with Gasteiger partial charge in [0, 0.05) is 22.1 Å². The maximum absolute atomic E-state index is 11.5. The van der Waals surface area contributed by atoms with Crippen molar-refractivity contribution in [3.8, 4) is 11.8 Å². The average Bonchev–Trinajstić information content (AvgIpc) is 2.52. The summed E-state index contributed by atoms with van der Waals surface area (Å²) in [4.78, 5) is 11.5. The van der Waals surface area contributed by atoms with Crippen LogP contribution in [0.5, 0.6) is 5.75 Å². The van der Waals surface area contributed by atoms with Gasteiger partial charge in [-0.1, -0.05) is 15.9 Å². The van der Waals surface area contributed by atoms with E-state index in [9.17, 15) is 10.1 Å². The van der Waals surface area contributed by atoms with Gasteiger partial charge in [-0.3, -0.25) is 4.79 Å². The normalized spacial score (nSPS) is 9.91. The van der Waals surface area contributed by atoms with Gasteiger partial charge >= 0.3 is 0 Å². The van der Waals surface area contributed by atoms with Gasteiger partial charge in [-0.15, -0.1) is 0 Å². The van der Waals surface area contributed by atoms with Crippen LogP contribution in [-0.2, 0) is 6.54 Å². The molecule has 0 radical (unpaired) electrons. The molecule has 0 saturated heterocycles. The van der Waals surface area contributed by atoms with Crippen molar-refractivity contribution >= 4 is 27.4 Å². The first-order valence-electron chi connectivity index (χ1n) is 6.66. The minimum absolute atomic E-state index is 0.0347. The summed E-state index contributed by atoms with van der Waals surface area (Å²) in [7, 11) is 1.61. The third-order valence-corrected chi connectivity index (χ3v) is 3.75. The van der Waals surface area contributed by atoms with E-state index in [2.05, 4.69) is 27.3 Å². The minimum Gasteiger partial charge on any atom is -0.496 e. The highest BCUT2D eigenvalue weighted by Crippen LogP contribution is 2.25. The van der Waals surface area contributed by atoms with Crippen molar-refractivity contribution in [2.45, 2.75) is 13.5 Å². The maximum Gasteiger partial charge on any atom is 0.159 e. The topological polar surface area (TPSA) is 62.1 Å². The Morgan fingerprint density at radius 2 is 2.09 bits per heavy atom. The van der Waals surface area contributed by atoms with Gasteiger partial charge in [0.2, 0.25) is 0 Å². The number of ketones is 1. The second kappa shape index (κ2) is 7.10. The molecular weight excluding hydrogens is 344 g/mol. The number of carbonyl (C=O) groups is 1. The van der Waals surface area contributed by atoms with Crippen molar-refractivity contribution in [3.05, 3.63) is 57.6 Å². The van der Waals surface area contributed by atoms with E-state index in [1.807, 2.05) is 18.2 Å². The molecule has 1 N–H and O–H groups in total. The fourth-order valence-electron chi connectivity index (χ4n) is 2.08. The lowest BCUT2D eigenvalue weighted by molar-refractivity contribution is 0.101. The van der Waals surface area contributed by atoms with E-state index in [0.29, 0.717) is 23.4 Å². The largest absolute Gasteiger partial charge is 0.496 e. The summed E-state index contributed by atoms with van der Waals surface area (Å²) in [5.74, 6) is 0.726. The molecule has 0 aliphatic heterocycles. The van der Waals surface area contributed by atoms with Gasteiger partial charge in [-0.05, 0) is 43.3 Å². The molecule has 2 aromatic rings. The Labute approximate surface area is 137 Å². The highest BCUT2D eigenvalue weighted by Gasteiger charge is 2.08. The molecule has 0 aromatic heterocycles. The highest BCUT2D eigenvalue weighted by atomic mass is 79.9. The second-order valence-corrected chi connectivity index (χ2v) is 5.65. The lowest BCUT2D eigenvalue weighted by Crippen LogP contribution is -2.05. The van der Waals surface area contributed by atoms with Crippen molar-refractivity contribution in [1.82, 2.24) is 0 Å². The summed E-state index contributed by atoms with van der Waals surface area (Å²) in [6.45, 7) is 1.99. The summed E-state index contributed by atoms with van der Waals surface area (Å²) in [6.07, 6.45) is 0. The third-order valence-electron chi connectivity index (χ3n) is 3.26. The number of halogens is 1. The monoisotopic (exact) mass is 358 g/mol. The number of ether oxygens (including phenoxy) is 1. The lowest BCUT2D eigenvalue weighted by Gasteiger charge is -2.13. The zero-order valence-electron chi connectivity index (χ0n) is 12.3. The summed E-state index contributed by atoms with van der Waals surface area (Å²) in [5.41, 5.74) is 2.66. The van der Waals surface area contributed by atoms with Crippen LogP contribution in [0.15, 0.2) is 40.9 Å². The molecule has 0 heterocycles. The van der Waals surface area contributed by atoms with Crippen LogP contribution in [0.4, 0.5) is 5.69 Å². The van der Waals surface area contributed by atoms with Crippen LogP contribution in [0.2, 0.25) is 0 Å². The van der Waals surface area contributed by atoms with E-state index >= 15 is 0 Å². The number of rotatable bonds is 5. The molecule has 22 heavy (non-hydrogen) atoms. The first-order chi connectivity index (χ1) is 10.5. The molecule has 4 nitrogen and oxygen atoms in total. The van der Waals surface area contributed by atoms with Crippen LogP contribution in [0.25, 0.3) is 0 Å². The second-order valence-electron chi connectivity index (χ2n) is 4.74. The summed E-state index contributed by atoms with van der Waals surface area (Å²) >= 11 is 3.43. The number of nitrogens with one attached hydrogen (secondary N) is 1. The fourth-order valence-corrected chi connectivity index (χ4v) is 2.49. The Morgan fingerprint density at radius 3 is 2.73 bits per heavy atom. The van der Waals surface area contributed by atoms with Crippen molar-refractivity contribution in [2.75, 3.05) is 12.4 Å². The number of nitriles is 1. The number of methoxy groups -OCH3 is 1. The van der Waals surface area contributed by atoms with Crippen LogP contribution in [-0.4, -0.2) is 12.9 Å². The Kier molecular flexibility index (Phi) is 5.18. The standard InChI is InChI=1S/C17H15BrN2O2/c1-11(21)12-3-4-13(9-19)16(8-12)20-10-14-7-15(18)5-6-17(14)22-2/h3-8,20H,10H2,1-2H3. The molecule has 2 rings (SSSR count). The third kappa shape index (κ3) is 3.66. The van der Waals surface area contributed by atoms with Gasteiger partial charge in [-0.2, -0.15) is 5.26 Å². The average molecular weight is 359 g/mol. The molecule has 0 spiro atoms. The number of benzene rings is 2. The van der Waals surface area contributed by atoms with Gasteiger partial charge < -0.3 is 10.1 Å². The zero-order chi connectivity index (χ0) is 16.1. The Bertz CT molecular complexity index is 751. The number of Topliss-reactive ketones (excluding diaryl/α,β-unsaturated/α-hetero) is 1. The molecule has 2 aromatic carbocycles. The first-order valence-corrected chi connectivity index (χ1v) is 7.46. The summed E-state index contributed by atoms with van der Waals surface area (Å²) in [6, 6.07) is 12.9. The fraction of sp³-hybridized carbons (Fsp3) is 0.176. The number of carbonyl (C=O) groups excluding carboxylic acids is 1. The number of nitrogens with zero attached hydrogens (tertiary/aromatic N) is 1. The summed E-state index contributed by atoms with van der Waals surface area (Å²) < 4.78 is 6.27. The Morgan fingerprint density at radius 1 is 1.32 bits per heavy atom. The van der Waals surface area contributed by atoms with Crippen molar-refractivity contribution in [2.24, 2.45) is 0 Å². The van der Waals surface area contributed by atoms with Crippen molar-refractivity contribution in [1.29, 1.82) is 5.26 Å². The molecule has 5 heteroatoms. The molecule has 0 aliphatic carbocycles. The van der Waals surface area contributed by atoms with E-state index in [1.165, 1.54) is 6.92 Å². The molecule has 0 amide bonds. The Balaban J connectivity index is 2.28. The maximum atomic E-state index is 11.5. The zero-order valence-corrected chi connectivity index (χ0v) is 13.9. The van der Waals surface area contributed by atoms with E-state index in [0.717, 1.165) is 15.8 Å². The molecule has 0 aliphatic rings. The molecule has 112 valence electrons. The summed E-state index contributed by atoms with van der Waals surface area (Å²) in [5, 5.41) is 12.4. The smallest absolute Gasteiger partial charge is 0.159 e. The van der Waals surface area contributed by atoms with Gasteiger partial charge in [0.05, 0.1) is 18.4 Å². The van der Waals surface area contributed by atoms with Crippen LogP contribution in [0.3, 0.4) is 0 Å². The Hall–Kier alpha value is -2.32. The van der Waals surface area contributed by atoms with Gasteiger partial charge in [0.1, 0.15) is 11.8 Å². The molecule has 0 bridgehead atoms. The van der Waals surface area contributed by atoms with Crippen molar-refractivity contribution in [3.63, 3.8) is 0 Å². The van der Waals surface area contributed by atoms with Crippen LogP contribution in [0.1, 0.15) is 28.4 Å². The highest BCUT2D eigenvalue weighted by molar-refractivity contribution is 9.10. The molecular formula is C17H15BrN2O2. The predicted octanol–water partition coefficient (Wildman–Crippen LogP) is 4.14. The molecule has 0 atom stereocenters. The van der Waals surface area contributed by atoms with E-state index < -0.39 is 0 Å². The van der Waals surface area contributed by atoms with Gasteiger partial charge in [-0.25, -0.2) is 0 Å². The van der Waals surface area contributed by atoms with Crippen LogP contribution >= 0.6 is 15.9 Å². The van der Waals surface area contributed by atoms with Gasteiger partial charge in [0.15, 0.2) is 5.78 Å². The van der Waals surface area contributed by atoms with E-state index in [4.69, 9.17) is 4.74 Å². The SMILES string of the molecule is COc1ccc(Br)cc1CNc1cc(C(C)=O)ccc1C#N. The molecule has 0 fully saturated rings. The van der Waals surface area contributed by atoms with E-state index in [1.54, 1.807) is 25.3 Å². The minimum atomic E-state index is -0.0347. The van der Waals surface area contributed by atoms with Crippen LogP contribution < -0.4 is 10.1 Å². The number of anilines is 1. The molecule has 0 saturated carbocycles. The van der Waals surface area contributed by atoms with Crippen molar-refractivity contribution < 1.29 is 9.53 Å². The lowest BCUT2D eigenvalue weighted by atomic mass is 10.1.